The Morgan fingerprint density at radius 1 is 1.05 bits per heavy atom. The number of nitrogens with zero attached hydrogens (tertiary/aromatic N) is 3. The Morgan fingerprint density at radius 2 is 1.72 bits per heavy atom. The number of hydrogen-bond acceptors (Lipinski definition) is 5. The molecule has 2 heterocycles. The number of aromatic nitrogens is 3. The number of benzene rings is 2. The Morgan fingerprint density at radius 3 is 2.37 bits per heavy atom. The van der Waals surface area contributed by atoms with Crippen LogP contribution in [0.2, 0.25) is 0 Å². The topological polar surface area (TPSA) is 100 Å². The Kier molecular flexibility index (Phi) is 8.59. The summed E-state index contributed by atoms with van der Waals surface area (Å²) in [6.07, 6.45) is -0.0886. The van der Waals surface area contributed by atoms with Gasteiger partial charge in [-0.25, -0.2) is 8.78 Å². The zero-order valence-electron chi connectivity index (χ0n) is 23.0. The van der Waals surface area contributed by atoms with Crippen LogP contribution in [0.15, 0.2) is 65.7 Å². The maximum Gasteiger partial charge on any atom is 0.435 e. The number of rotatable bonds is 8. The van der Waals surface area contributed by atoms with E-state index in [0.29, 0.717) is 46.7 Å². The van der Waals surface area contributed by atoms with E-state index in [4.69, 9.17) is 0 Å². The first kappa shape index (κ1) is 30.6. The van der Waals surface area contributed by atoms with Crippen LogP contribution in [0.4, 0.5) is 22.0 Å². The molecule has 3 N–H and O–H groups in total. The van der Waals surface area contributed by atoms with E-state index in [-0.39, 0.29) is 24.0 Å². The fourth-order valence-electron chi connectivity index (χ4n) is 5.42. The molecule has 0 radical (unpaired) electrons. The fraction of sp³-hybridized carbons (Fsp3) is 0.300. The number of alkyl halides is 3. The second kappa shape index (κ2) is 12.1. The van der Waals surface area contributed by atoms with Gasteiger partial charge in [-0.2, -0.15) is 28.9 Å². The molecule has 0 fully saturated rings. The average Bonchev–Trinajstić information content (AvgIpc) is 3.31. The number of fused-ring (bicyclic) bond motifs is 1. The summed E-state index contributed by atoms with van der Waals surface area (Å²) < 4.78 is 90.3. The molecule has 1 atom stereocenters. The highest BCUT2D eigenvalue weighted by molar-refractivity contribution is 8.23. The van der Waals surface area contributed by atoms with Crippen molar-refractivity contribution in [1.82, 2.24) is 20.1 Å². The van der Waals surface area contributed by atoms with Gasteiger partial charge in [0, 0.05) is 35.3 Å². The van der Waals surface area contributed by atoms with Crippen molar-refractivity contribution in [2.45, 2.75) is 55.8 Å². The van der Waals surface area contributed by atoms with Gasteiger partial charge in [-0.05, 0) is 73.6 Å². The summed E-state index contributed by atoms with van der Waals surface area (Å²) in [4.78, 5) is 18.2. The summed E-state index contributed by atoms with van der Waals surface area (Å²) in [7, 11) is -2.96. The first-order valence-electron chi connectivity index (χ1n) is 13.5. The number of halogens is 5. The zero-order chi connectivity index (χ0) is 30.9. The molecule has 1 aliphatic rings. The quantitative estimate of drug-likeness (QED) is 0.185. The first-order chi connectivity index (χ1) is 20.3. The normalized spacial score (nSPS) is 14.7. The van der Waals surface area contributed by atoms with Crippen molar-refractivity contribution in [2.24, 2.45) is 0 Å². The molecule has 13 heteroatoms. The highest BCUT2D eigenvalue weighted by Gasteiger charge is 2.39. The Hall–Kier alpha value is -3.81. The number of amides is 1. The molecule has 0 aliphatic heterocycles. The fourth-order valence-corrected chi connectivity index (χ4v) is 6.07. The van der Waals surface area contributed by atoms with Crippen LogP contribution in [-0.4, -0.2) is 36.0 Å². The third kappa shape index (κ3) is 7.06. The second-order valence-corrected chi connectivity index (χ2v) is 12.7. The standard InChI is InChI=1S/C30H29F5N4O3S/c1-43(41,42)22-10-8-19(9-11-22)23-6-4-12-36-28(23)25(15-18-13-20(31)16-21(32)14-18)37-27(40)17-39-26-7-3-2-5-24(26)29(38-39)30(33,34)35/h4,6,8-14,16,25,41-42H,2-3,5,7,15,17H2,1H3,(H,37,40)/t25-/m0/s1. The smallest absolute Gasteiger partial charge is 0.346 e. The summed E-state index contributed by atoms with van der Waals surface area (Å²) in [5, 5.41) is 6.57. The second-order valence-electron chi connectivity index (χ2n) is 10.5. The summed E-state index contributed by atoms with van der Waals surface area (Å²) in [5.74, 6) is -2.27. The van der Waals surface area contributed by atoms with Crippen LogP contribution in [0.25, 0.3) is 11.1 Å². The Labute approximate surface area is 246 Å². The number of carbonyl (C=O) groups is 1. The van der Waals surface area contributed by atoms with Gasteiger partial charge < -0.3 is 5.32 Å². The van der Waals surface area contributed by atoms with Gasteiger partial charge in [-0.15, -0.1) is 0 Å². The summed E-state index contributed by atoms with van der Waals surface area (Å²) in [6.45, 7) is -0.488. The monoisotopic (exact) mass is 620 g/mol. The van der Waals surface area contributed by atoms with E-state index in [2.05, 4.69) is 15.4 Å². The zero-order valence-corrected chi connectivity index (χ0v) is 23.9. The first-order valence-corrected chi connectivity index (χ1v) is 15.4. The van der Waals surface area contributed by atoms with Gasteiger partial charge in [-0.3, -0.25) is 23.6 Å². The predicted molar refractivity (Wildman–Crippen MR) is 152 cm³/mol. The minimum atomic E-state index is -4.66. The van der Waals surface area contributed by atoms with Crippen LogP contribution < -0.4 is 5.32 Å². The number of pyridine rings is 1. The minimum absolute atomic E-state index is 0.0803. The maximum absolute atomic E-state index is 14.1. The van der Waals surface area contributed by atoms with Crippen LogP contribution in [0.3, 0.4) is 0 Å². The van der Waals surface area contributed by atoms with Crippen LogP contribution >= 0.6 is 10.6 Å². The van der Waals surface area contributed by atoms with Crippen LogP contribution in [0, 0.1) is 11.6 Å². The SMILES string of the molecule is CS(O)(O)c1ccc(-c2cccnc2[C@H](Cc2cc(F)cc(F)c2)NC(=O)Cn2nc(C(F)(F)F)c3c2CCCC3)cc1. The lowest BCUT2D eigenvalue weighted by molar-refractivity contribution is -0.142. The molecule has 7 nitrogen and oxygen atoms in total. The average molecular weight is 621 g/mol. The highest BCUT2D eigenvalue weighted by Crippen LogP contribution is 2.44. The number of carbonyl (C=O) groups excluding carboxylic acids is 1. The van der Waals surface area contributed by atoms with E-state index >= 15 is 0 Å². The maximum atomic E-state index is 14.1. The lowest BCUT2D eigenvalue weighted by Gasteiger charge is -2.27. The van der Waals surface area contributed by atoms with Crippen molar-refractivity contribution in [3.63, 3.8) is 0 Å². The molecule has 43 heavy (non-hydrogen) atoms. The van der Waals surface area contributed by atoms with Gasteiger partial charge in [0.25, 0.3) is 0 Å². The van der Waals surface area contributed by atoms with Gasteiger partial charge in [-0.1, -0.05) is 18.2 Å². The van der Waals surface area contributed by atoms with Gasteiger partial charge in [0.2, 0.25) is 5.91 Å². The van der Waals surface area contributed by atoms with Crippen molar-refractivity contribution < 1.29 is 35.9 Å². The van der Waals surface area contributed by atoms with Crippen molar-refractivity contribution in [3.05, 3.63) is 101 Å². The van der Waals surface area contributed by atoms with Crippen molar-refractivity contribution >= 4 is 16.5 Å². The van der Waals surface area contributed by atoms with E-state index in [9.17, 15) is 35.9 Å². The van der Waals surface area contributed by atoms with Crippen molar-refractivity contribution in [3.8, 4) is 11.1 Å². The summed E-state index contributed by atoms with van der Waals surface area (Å²) >= 11 is 0. The third-order valence-electron chi connectivity index (χ3n) is 7.30. The minimum Gasteiger partial charge on any atom is -0.346 e. The van der Waals surface area contributed by atoms with Crippen LogP contribution in [-0.2, 0) is 36.8 Å². The van der Waals surface area contributed by atoms with Gasteiger partial charge in [0.15, 0.2) is 5.69 Å². The molecular weight excluding hydrogens is 591 g/mol. The molecule has 2 aromatic heterocycles. The number of nitrogens with one attached hydrogen (secondary N) is 1. The molecule has 1 amide bonds. The van der Waals surface area contributed by atoms with Crippen LogP contribution in [0.5, 0.6) is 0 Å². The Balaban J connectivity index is 1.50. The largest absolute Gasteiger partial charge is 0.435 e. The van der Waals surface area contributed by atoms with E-state index in [1.165, 1.54) is 12.5 Å². The van der Waals surface area contributed by atoms with Gasteiger partial charge in [0.1, 0.15) is 18.2 Å². The van der Waals surface area contributed by atoms with Gasteiger partial charge >= 0.3 is 6.18 Å². The lowest BCUT2D eigenvalue weighted by Crippen LogP contribution is -2.34. The molecule has 2 aromatic carbocycles. The van der Waals surface area contributed by atoms with Crippen molar-refractivity contribution in [1.29, 1.82) is 0 Å². The van der Waals surface area contributed by atoms with E-state index in [0.717, 1.165) is 22.9 Å². The molecule has 0 unspecified atom stereocenters. The lowest BCUT2D eigenvalue weighted by atomic mass is 9.95. The van der Waals surface area contributed by atoms with E-state index in [1.54, 1.807) is 36.4 Å². The highest BCUT2D eigenvalue weighted by atomic mass is 32.3. The molecule has 4 aromatic rings. The molecule has 5 rings (SSSR count). The van der Waals surface area contributed by atoms with Gasteiger partial charge in [0.05, 0.1) is 16.6 Å². The Bertz CT molecular complexity index is 1610. The predicted octanol–water partition coefficient (Wildman–Crippen LogP) is 6.96. The molecule has 228 valence electrons. The van der Waals surface area contributed by atoms with E-state index in [1.807, 2.05) is 0 Å². The molecule has 0 bridgehead atoms. The molecule has 0 saturated heterocycles. The summed E-state index contributed by atoms with van der Waals surface area (Å²) in [5.41, 5.74) is 1.24. The molecule has 1 aliphatic carbocycles. The van der Waals surface area contributed by atoms with Crippen molar-refractivity contribution in [2.75, 3.05) is 6.26 Å². The third-order valence-corrected chi connectivity index (χ3v) is 8.46. The van der Waals surface area contributed by atoms with E-state index < -0.39 is 52.6 Å². The molecular formula is C30H29F5N4O3S. The summed E-state index contributed by atoms with van der Waals surface area (Å²) in [6, 6.07) is 11.8. The molecule has 0 spiro atoms. The van der Waals surface area contributed by atoms with Crippen LogP contribution in [0.1, 0.15) is 47.1 Å². The number of hydrogen-bond donors (Lipinski definition) is 3. The molecule has 0 saturated carbocycles.